The summed E-state index contributed by atoms with van der Waals surface area (Å²) in [5.74, 6) is 0. The molecule has 0 N–H and O–H groups in total. The van der Waals surface area contributed by atoms with Crippen LogP contribution in [0, 0.1) is 0 Å². The van der Waals surface area contributed by atoms with E-state index in [4.69, 9.17) is 0 Å². The Kier molecular flexibility index (Phi) is 6.07. The fourth-order valence-electron chi connectivity index (χ4n) is 4.49. The van der Waals surface area contributed by atoms with Crippen LogP contribution in [0.5, 0.6) is 0 Å². The van der Waals surface area contributed by atoms with Crippen LogP contribution in [-0.4, -0.2) is 49.1 Å². The number of para-hydroxylation sites is 2. The van der Waals surface area contributed by atoms with Gasteiger partial charge in [-0.3, -0.25) is 4.90 Å². The van der Waals surface area contributed by atoms with E-state index in [0.29, 0.717) is 0 Å². The molecule has 0 bridgehead atoms. The lowest BCUT2D eigenvalue weighted by Crippen LogP contribution is -2.46. The Balaban J connectivity index is 1.15. The second kappa shape index (κ2) is 9.25. The van der Waals surface area contributed by atoms with E-state index in [-0.39, 0.29) is 0 Å². The molecular weight excluding hydrogens is 386 g/mol. The van der Waals surface area contributed by atoms with Crippen molar-refractivity contribution >= 4 is 23.1 Å². The molecule has 0 saturated carbocycles. The molecule has 0 radical (unpaired) electrons. The predicted octanol–water partition coefficient (Wildman–Crippen LogP) is 5.50. The van der Waals surface area contributed by atoms with Crippen LogP contribution < -0.4 is 4.90 Å². The highest BCUT2D eigenvalue weighted by atomic mass is 32.2. The van der Waals surface area contributed by atoms with Crippen molar-refractivity contribution in [3.8, 4) is 0 Å². The topological polar surface area (TPSA) is 9.72 Å². The number of benzene rings is 3. The first-order chi connectivity index (χ1) is 14.9. The Labute approximate surface area is 184 Å². The average Bonchev–Trinajstić information content (AvgIpc) is 2.80. The normalized spacial score (nSPS) is 16.9. The van der Waals surface area contributed by atoms with E-state index in [0.717, 1.165) is 13.1 Å². The molecular formula is C26H29N3S. The zero-order valence-electron chi connectivity index (χ0n) is 17.4. The standard InChI is InChI=1S/C26H29N3S/c1-2-9-22(10-3-1)21-28-19-17-27(18-20-28)15-8-16-29-23-11-4-6-13-25(23)30-26-14-7-5-12-24(26)29/h1-7,9-14H,8,15-21H2. The second-order valence-corrected chi connectivity index (χ2v) is 9.23. The summed E-state index contributed by atoms with van der Waals surface area (Å²) in [6.45, 7) is 8.01. The van der Waals surface area contributed by atoms with Crippen LogP contribution in [0.2, 0.25) is 0 Å². The van der Waals surface area contributed by atoms with Crippen LogP contribution >= 0.6 is 11.8 Å². The maximum Gasteiger partial charge on any atom is 0.0552 e. The summed E-state index contributed by atoms with van der Waals surface area (Å²) in [7, 11) is 0. The first-order valence-electron chi connectivity index (χ1n) is 11.0. The quantitative estimate of drug-likeness (QED) is 0.526. The Morgan fingerprint density at radius 1 is 0.600 bits per heavy atom. The van der Waals surface area contributed by atoms with Gasteiger partial charge in [-0.25, -0.2) is 0 Å². The van der Waals surface area contributed by atoms with Gasteiger partial charge in [-0.15, -0.1) is 0 Å². The molecule has 154 valence electrons. The molecule has 30 heavy (non-hydrogen) atoms. The van der Waals surface area contributed by atoms with Gasteiger partial charge in [0, 0.05) is 49.1 Å². The van der Waals surface area contributed by atoms with Gasteiger partial charge < -0.3 is 9.80 Å². The number of hydrogen-bond donors (Lipinski definition) is 0. The van der Waals surface area contributed by atoms with E-state index in [9.17, 15) is 0 Å². The third-order valence-electron chi connectivity index (χ3n) is 6.10. The molecule has 4 heteroatoms. The molecule has 3 nitrogen and oxygen atoms in total. The summed E-state index contributed by atoms with van der Waals surface area (Å²) in [5.41, 5.74) is 4.13. The Morgan fingerprint density at radius 2 is 1.17 bits per heavy atom. The number of rotatable bonds is 6. The fraction of sp³-hybridized carbons (Fsp3) is 0.308. The van der Waals surface area contributed by atoms with Gasteiger partial charge in [-0.1, -0.05) is 66.4 Å². The first-order valence-corrected chi connectivity index (χ1v) is 11.8. The van der Waals surface area contributed by atoms with Crippen molar-refractivity contribution in [1.82, 2.24) is 9.80 Å². The third kappa shape index (κ3) is 4.41. The van der Waals surface area contributed by atoms with Gasteiger partial charge in [0.05, 0.1) is 11.4 Å². The molecule has 2 aliphatic heterocycles. The molecule has 5 rings (SSSR count). The van der Waals surface area contributed by atoms with Crippen molar-refractivity contribution in [2.24, 2.45) is 0 Å². The van der Waals surface area contributed by atoms with Gasteiger partial charge in [0.15, 0.2) is 0 Å². The Hall–Kier alpha value is -2.27. The summed E-state index contributed by atoms with van der Waals surface area (Å²) < 4.78 is 0. The SMILES string of the molecule is c1ccc(CN2CCN(CCCN3c4ccccc4Sc4ccccc43)CC2)cc1. The van der Waals surface area contributed by atoms with Gasteiger partial charge in [-0.2, -0.15) is 0 Å². The van der Waals surface area contributed by atoms with E-state index in [2.05, 4.69) is 93.6 Å². The molecule has 0 spiro atoms. The minimum atomic E-state index is 1.07. The summed E-state index contributed by atoms with van der Waals surface area (Å²) in [6, 6.07) is 28.5. The summed E-state index contributed by atoms with van der Waals surface area (Å²) in [4.78, 5) is 10.5. The monoisotopic (exact) mass is 415 g/mol. The smallest absolute Gasteiger partial charge is 0.0552 e. The number of fused-ring (bicyclic) bond motifs is 2. The lowest BCUT2D eigenvalue weighted by atomic mass is 10.2. The molecule has 2 aliphatic rings. The zero-order valence-corrected chi connectivity index (χ0v) is 18.2. The Morgan fingerprint density at radius 3 is 1.83 bits per heavy atom. The molecule has 0 aliphatic carbocycles. The minimum absolute atomic E-state index is 1.07. The lowest BCUT2D eigenvalue weighted by Gasteiger charge is -2.36. The van der Waals surface area contributed by atoms with Crippen molar-refractivity contribution in [2.75, 3.05) is 44.2 Å². The van der Waals surface area contributed by atoms with Crippen LogP contribution in [0.4, 0.5) is 11.4 Å². The van der Waals surface area contributed by atoms with Crippen molar-refractivity contribution in [3.05, 3.63) is 84.4 Å². The minimum Gasteiger partial charge on any atom is -0.340 e. The number of anilines is 2. The predicted molar refractivity (Wildman–Crippen MR) is 127 cm³/mol. The lowest BCUT2D eigenvalue weighted by molar-refractivity contribution is 0.126. The molecule has 3 aromatic rings. The molecule has 0 amide bonds. The van der Waals surface area contributed by atoms with Gasteiger partial charge in [0.25, 0.3) is 0 Å². The average molecular weight is 416 g/mol. The molecule has 0 atom stereocenters. The second-order valence-electron chi connectivity index (χ2n) is 8.15. The van der Waals surface area contributed by atoms with Crippen LogP contribution in [0.15, 0.2) is 88.7 Å². The van der Waals surface area contributed by atoms with E-state index in [1.54, 1.807) is 0 Å². The van der Waals surface area contributed by atoms with Crippen molar-refractivity contribution in [1.29, 1.82) is 0 Å². The maximum absolute atomic E-state index is 2.64. The molecule has 0 aromatic heterocycles. The number of hydrogen-bond acceptors (Lipinski definition) is 4. The van der Waals surface area contributed by atoms with Crippen LogP contribution in [-0.2, 0) is 6.54 Å². The highest BCUT2D eigenvalue weighted by Gasteiger charge is 2.23. The van der Waals surface area contributed by atoms with Crippen molar-refractivity contribution in [2.45, 2.75) is 22.8 Å². The molecule has 1 fully saturated rings. The molecule has 1 saturated heterocycles. The van der Waals surface area contributed by atoms with E-state index >= 15 is 0 Å². The highest BCUT2D eigenvalue weighted by Crippen LogP contribution is 2.47. The third-order valence-corrected chi connectivity index (χ3v) is 7.23. The van der Waals surface area contributed by atoms with Crippen molar-refractivity contribution in [3.63, 3.8) is 0 Å². The van der Waals surface area contributed by atoms with Gasteiger partial charge in [-0.05, 0) is 42.8 Å². The molecule has 2 heterocycles. The number of nitrogens with zero attached hydrogens (tertiary/aromatic N) is 3. The highest BCUT2D eigenvalue weighted by molar-refractivity contribution is 7.99. The van der Waals surface area contributed by atoms with E-state index in [1.165, 1.54) is 65.9 Å². The first kappa shape index (κ1) is 19.7. The summed E-state index contributed by atoms with van der Waals surface area (Å²) >= 11 is 1.89. The number of piperazine rings is 1. The summed E-state index contributed by atoms with van der Waals surface area (Å²) in [5, 5.41) is 0. The molecule has 3 aromatic carbocycles. The maximum atomic E-state index is 2.64. The van der Waals surface area contributed by atoms with E-state index in [1.807, 2.05) is 11.8 Å². The van der Waals surface area contributed by atoms with Crippen LogP contribution in [0.25, 0.3) is 0 Å². The largest absolute Gasteiger partial charge is 0.340 e. The Bertz CT molecular complexity index is 921. The van der Waals surface area contributed by atoms with Crippen LogP contribution in [0.3, 0.4) is 0 Å². The van der Waals surface area contributed by atoms with E-state index < -0.39 is 0 Å². The van der Waals surface area contributed by atoms with Crippen LogP contribution in [0.1, 0.15) is 12.0 Å². The zero-order chi connectivity index (χ0) is 20.2. The summed E-state index contributed by atoms with van der Waals surface area (Å²) in [6.07, 6.45) is 1.19. The van der Waals surface area contributed by atoms with Gasteiger partial charge >= 0.3 is 0 Å². The fourth-order valence-corrected chi connectivity index (χ4v) is 5.58. The van der Waals surface area contributed by atoms with Gasteiger partial charge in [0.1, 0.15) is 0 Å². The molecule has 0 unspecified atom stereocenters. The van der Waals surface area contributed by atoms with Crippen molar-refractivity contribution < 1.29 is 0 Å². The van der Waals surface area contributed by atoms with Gasteiger partial charge in [0.2, 0.25) is 0 Å².